The van der Waals surface area contributed by atoms with Crippen molar-refractivity contribution in [3.8, 4) is 0 Å². The van der Waals surface area contributed by atoms with E-state index in [9.17, 15) is 4.79 Å². The number of hydrogen-bond acceptors (Lipinski definition) is 2. The molecule has 0 saturated carbocycles. The summed E-state index contributed by atoms with van der Waals surface area (Å²) >= 11 is 1.94. The number of benzene rings is 2. The van der Waals surface area contributed by atoms with Crippen molar-refractivity contribution in [2.75, 3.05) is 5.75 Å². The fourth-order valence-electron chi connectivity index (χ4n) is 2.53. The maximum absolute atomic E-state index is 11.3. The fourth-order valence-corrected chi connectivity index (χ4v) is 3.73. The second-order valence-corrected chi connectivity index (χ2v) is 6.06. The van der Waals surface area contributed by atoms with E-state index in [1.807, 2.05) is 23.9 Å². The average molecular weight is 268 g/mol. The second kappa shape index (κ2) is 5.22. The van der Waals surface area contributed by atoms with Gasteiger partial charge in [-0.05, 0) is 36.5 Å². The van der Waals surface area contributed by atoms with Crippen molar-refractivity contribution >= 4 is 17.5 Å². The number of Topliss-reactive ketones (excluding diaryl/α,β-unsaturated/α-hetero) is 1. The van der Waals surface area contributed by atoms with Gasteiger partial charge in [0.15, 0.2) is 5.78 Å². The van der Waals surface area contributed by atoms with Crippen LogP contribution in [0.4, 0.5) is 0 Å². The SMILES string of the molecule is CC(=O)c1ccc(C2CSc3ccccc3C2)cc1. The van der Waals surface area contributed by atoms with Gasteiger partial charge in [-0.15, -0.1) is 11.8 Å². The van der Waals surface area contributed by atoms with Crippen LogP contribution < -0.4 is 0 Å². The number of fused-ring (bicyclic) bond motifs is 1. The summed E-state index contributed by atoms with van der Waals surface area (Å²) in [6, 6.07) is 16.7. The first-order chi connectivity index (χ1) is 9.24. The van der Waals surface area contributed by atoms with Crippen molar-refractivity contribution < 1.29 is 4.79 Å². The zero-order valence-corrected chi connectivity index (χ0v) is 11.7. The summed E-state index contributed by atoms with van der Waals surface area (Å²) in [5.74, 6) is 1.81. The lowest BCUT2D eigenvalue weighted by Gasteiger charge is -2.24. The van der Waals surface area contributed by atoms with Crippen molar-refractivity contribution in [3.05, 3.63) is 65.2 Å². The fraction of sp³-hybridized carbons (Fsp3) is 0.235. The molecule has 1 heterocycles. The zero-order chi connectivity index (χ0) is 13.2. The molecule has 0 saturated heterocycles. The lowest BCUT2D eigenvalue weighted by Crippen LogP contribution is -2.11. The zero-order valence-electron chi connectivity index (χ0n) is 10.9. The molecule has 0 aromatic heterocycles. The molecule has 0 bridgehead atoms. The van der Waals surface area contributed by atoms with Crippen LogP contribution in [0.5, 0.6) is 0 Å². The number of rotatable bonds is 2. The van der Waals surface area contributed by atoms with Crippen LogP contribution in [0.25, 0.3) is 0 Å². The molecular formula is C17H16OS. The molecule has 1 nitrogen and oxygen atoms in total. The first kappa shape index (κ1) is 12.5. The third-order valence-corrected chi connectivity index (χ3v) is 4.95. The van der Waals surface area contributed by atoms with Crippen molar-refractivity contribution in [1.82, 2.24) is 0 Å². The summed E-state index contributed by atoms with van der Waals surface area (Å²) in [7, 11) is 0. The van der Waals surface area contributed by atoms with Gasteiger partial charge in [-0.2, -0.15) is 0 Å². The maximum atomic E-state index is 11.3. The molecule has 0 fully saturated rings. The molecular weight excluding hydrogens is 252 g/mol. The Morgan fingerprint density at radius 3 is 2.58 bits per heavy atom. The molecule has 1 aliphatic rings. The third-order valence-electron chi connectivity index (χ3n) is 3.67. The molecule has 2 aromatic rings. The van der Waals surface area contributed by atoms with E-state index < -0.39 is 0 Å². The Kier molecular flexibility index (Phi) is 3.43. The van der Waals surface area contributed by atoms with E-state index >= 15 is 0 Å². The van der Waals surface area contributed by atoms with Gasteiger partial charge < -0.3 is 0 Å². The Bertz CT molecular complexity index is 601. The monoisotopic (exact) mass is 268 g/mol. The minimum atomic E-state index is 0.134. The maximum Gasteiger partial charge on any atom is 0.159 e. The highest BCUT2D eigenvalue weighted by molar-refractivity contribution is 7.99. The van der Waals surface area contributed by atoms with Crippen molar-refractivity contribution in [2.45, 2.75) is 24.2 Å². The van der Waals surface area contributed by atoms with E-state index in [2.05, 4.69) is 36.4 Å². The van der Waals surface area contributed by atoms with Gasteiger partial charge in [-0.25, -0.2) is 0 Å². The minimum absolute atomic E-state index is 0.134. The Hall–Kier alpha value is -1.54. The Morgan fingerprint density at radius 2 is 1.84 bits per heavy atom. The first-order valence-corrected chi connectivity index (χ1v) is 7.54. The Labute approximate surface area is 118 Å². The van der Waals surface area contributed by atoms with Crippen LogP contribution in [0.2, 0.25) is 0 Å². The van der Waals surface area contributed by atoms with Gasteiger partial charge in [0.1, 0.15) is 0 Å². The number of hydrogen-bond donors (Lipinski definition) is 0. The topological polar surface area (TPSA) is 17.1 Å². The number of thioether (sulfide) groups is 1. The van der Waals surface area contributed by atoms with Crippen LogP contribution in [0.3, 0.4) is 0 Å². The molecule has 1 aliphatic heterocycles. The molecule has 0 aliphatic carbocycles. The molecule has 1 atom stereocenters. The quantitative estimate of drug-likeness (QED) is 0.754. The third kappa shape index (κ3) is 2.59. The summed E-state index contributed by atoms with van der Waals surface area (Å²) in [6.07, 6.45) is 1.10. The van der Waals surface area contributed by atoms with Gasteiger partial charge in [-0.1, -0.05) is 42.5 Å². The standard InChI is InChI=1S/C17H16OS/c1-12(18)13-6-8-14(9-7-13)16-10-15-4-2-3-5-17(15)19-11-16/h2-9,16H,10-11H2,1H3. The molecule has 0 radical (unpaired) electrons. The second-order valence-electron chi connectivity index (χ2n) is 5.00. The summed E-state index contributed by atoms with van der Waals surface area (Å²) in [5.41, 5.74) is 3.58. The number of ketones is 1. The first-order valence-electron chi connectivity index (χ1n) is 6.55. The van der Waals surface area contributed by atoms with E-state index in [0.29, 0.717) is 5.92 Å². The van der Waals surface area contributed by atoms with Crippen LogP contribution in [0, 0.1) is 0 Å². The molecule has 0 N–H and O–H groups in total. The van der Waals surface area contributed by atoms with Crippen molar-refractivity contribution in [2.24, 2.45) is 0 Å². The van der Waals surface area contributed by atoms with E-state index in [4.69, 9.17) is 0 Å². The molecule has 2 heteroatoms. The molecule has 1 unspecified atom stereocenters. The van der Waals surface area contributed by atoms with Crippen molar-refractivity contribution in [1.29, 1.82) is 0 Å². The molecule has 0 amide bonds. The number of carbonyl (C=O) groups excluding carboxylic acids is 1. The molecule has 3 rings (SSSR count). The van der Waals surface area contributed by atoms with Gasteiger partial charge in [-0.3, -0.25) is 4.79 Å². The lowest BCUT2D eigenvalue weighted by molar-refractivity contribution is 0.101. The summed E-state index contributed by atoms with van der Waals surface area (Å²) in [4.78, 5) is 12.7. The highest BCUT2D eigenvalue weighted by Gasteiger charge is 2.20. The highest BCUT2D eigenvalue weighted by Crippen LogP contribution is 2.37. The lowest BCUT2D eigenvalue weighted by atomic mass is 9.92. The summed E-state index contributed by atoms with van der Waals surface area (Å²) in [6.45, 7) is 1.61. The summed E-state index contributed by atoms with van der Waals surface area (Å²) < 4.78 is 0. The Balaban J connectivity index is 1.83. The van der Waals surface area contributed by atoms with Crippen LogP contribution in [-0.2, 0) is 6.42 Å². The summed E-state index contributed by atoms with van der Waals surface area (Å²) in [5, 5.41) is 0. The van der Waals surface area contributed by atoms with E-state index in [1.165, 1.54) is 16.0 Å². The van der Waals surface area contributed by atoms with E-state index in [0.717, 1.165) is 17.7 Å². The largest absolute Gasteiger partial charge is 0.295 e. The minimum Gasteiger partial charge on any atom is -0.295 e. The predicted octanol–water partition coefficient (Wildman–Crippen LogP) is 4.32. The molecule has 96 valence electrons. The average Bonchev–Trinajstić information content (AvgIpc) is 2.47. The van der Waals surface area contributed by atoms with Gasteiger partial charge in [0.25, 0.3) is 0 Å². The smallest absolute Gasteiger partial charge is 0.159 e. The van der Waals surface area contributed by atoms with Gasteiger partial charge in [0.2, 0.25) is 0 Å². The molecule has 2 aromatic carbocycles. The van der Waals surface area contributed by atoms with Gasteiger partial charge in [0.05, 0.1) is 0 Å². The van der Waals surface area contributed by atoms with Gasteiger partial charge >= 0.3 is 0 Å². The highest BCUT2D eigenvalue weighted by atomic mass is 32.2. The van der Waals surface area contributed by atoms with Crippen molar-refractivity contribution in [3.63, 3.8) is 0 Å². The molecule has 0 spiro atoms. The molecule has 19 heavy (non-hydrogen) atoms. The van der Waals surface area contributed by atoms with E-state index in [-0.39, 0.29) is 5.78 Å². The van der Waals surface area contributed by atoms with Crippen LogP contribution >= 0.6 is 11.8 Å². The van der Waals surface area contributed by atoms with Crippen LogP contribution in [0.1, 0.15) is 34.3 Å². The van der Waals surface area contributed by atoms with E-state index in [1.54, 1.807) is 6.92 Å². The predicted molar refractivity (Wildman–Crippen MR) is 80.1 cm³/mol. The Morgan fingerprint density at radius 1 is 1.11 bits per heavy atom. The van der Waals surface area contributed by atoms with Crippen LogP contribution in [0.15, 0.2) is 53.4 Å². The van der Waals surface area contributed by atoms with Gasteiger partial charge in [0, 0.05) is 16.2 Å². The number of carbonyl (C=O) groups is 1. The van der Waals surface area contributed by atoms with Crippen LogP contribution in [-0.4, -0.2) is 11.5 Å². The normalized spacial score (nSPS) is 17.8.